The Morgan fingerprint density at radius 1 is 1.69 bits per heavy atom. The van der Waals surface area contributed by atoms with E-state index in [-0.39, 0.29) is 18.3 Å². The highest BCUT2D eigenvalue weighted by Crippen LogP contribution is 2.18. The average Bonchev–Trinajstić information content (AvgIpc) is 2.21. The van der Waals surface area contributed by atoms with Crippen molar-refractivity contribution in [3.63, 3.8) is 0 Å². The topological polar surface area (TPSA) is 88.3 Å². The van der Waals surface area contributed by atoms with E-state index in [0.717, 1.165) is 5.56 Å². The van der Waals surface area contributed by atoms with Crippen molar-refractivity contribution in [2.24, 2.45) is 0 Å². The van der Waals surface area contributed by atoms with E-state index in [1.54, 1.807) is 6.92 Å². The number of hydrogen-bond acceptors (Lipinski definition) is 5. The number of aliphatic hydroxyl groups excluding tert-OH is 1. The number of aromatic nitrogens is 1. The van der Waals surface area contributed by atoms with Gasteiger partial charge in [-0.05, 0) is 25.8 Å². The van der Waals surface area contributed by atoms with Crippen molar-refractivity contribution in [3.05, 3.63) is 27.9 Å². The van der Waals surface area contributed by atoms with Gasteiger partial charge in [0.25, 0.3) is 5.69 Å². The molecule has 0 aromatic carbocycles. The molecule has 0 unspecified atom stereocenters. The van der Waals surface area contributed by atoms with E-state index in [1.807, 2.05) is 6.92 Å². The molecular weight excluding hydrogens is 210 g/mol. The van der Waals surface area contributed by atoms with Gasteiger partial charge in [0.2, 0.25) is 0 Å². The number of aryl methyl sites for hydroxylation is 1. The molecule has 1 heterocycles. The van der Waals surface area contributed by atoms with Gasteiger partial charge in [0.15, 0.2) is 0 Å². The summed E-state index contributed by atoms with van der Waals surface area (Å²) >= 11 is 0. The molecule has 0 aliphatic heterocycles. The first-order valence-corrected chi connectivity index (χ1v) is 5.03. The number of rotatable bonds is 5. The van der Waals surface area contributed by atoms with Gasteiger partial charge in [-0.3, -0.25) is 10.1 Å². The lowest BCUT2D eigenvalue weighted by atomic mass is 10.2. The molecule has 0 aliphatic rings. The van der Waals surface area contributed by atoms with Crippen LogP contribution in [-0.4, -0.2) is 27.7 Å². The van der Waals surface area contributed by atoms with E-state index in [2.05, 4.69) is 10.3 Å². The molecule has 0 saturated carbocycles. The Labute approximate surface area is 93.5 Å². The van der Waals surface area contributed by atoms with Crippen LogP contribution in [0.5, 0.6) is 0 Å². The Balaban J connectivity index is 2.79. The minimum Gasteiger partial charge on any atom is -0.396 e. The second kappa shape index (κ2) is 5.41. The molecule has 16 heavy (non-hydrogen) atoms. The highest BCUT2D eigenvalue weighted by molar-refractivity contribution is 5.48. The van der Waals surface area contributed by atoms with Crippen LogP contribution >= 0.6 is 0 Å². The summed E-state index contributed by atoms with van der Waals surface area (Å²) in [7, 11) is 0. The first kappa shape index (κ1) is 12.4. The molecule has 1 rings (SSSR count). The minimum absolute atomic E-state index is 0.0159. The largest absolute Gasteiger partial charge is 0.396 e. The van der Waals surface area contributed by atoms with Gasteiger partial charge in [-0.2, -0.15) is 0 Å². The lowest BCUT2D eigenvalue weighted by Gasteiger charge is -2.14. The fourth-order valence-corrected chi connectivity index (χ4v) is 1.31. The molecule has 6 heteroatoms. The lowest BCUT2D eigenvalue weighted by Crippen LogP contribution is -2.18. The number of nitro groups is 1. The van der Waals surface area contributed by atoms with Gasteiger partial charge in [0.1, 0.15) is 12.0 Å². The van der Waals surface area contributed by atoms with Crippen LogP contribution in [0.25, 0.3) is 0 Å². The molecule has 2 N–H and O–H groups in total. The van der Waals surface area contributed by atoms with Crippen molar-refractivity contribution < 1.29 is 10.0 Å². The number of nitrogens with one attached hydrogen (secondary N) is 1. The Morgan fingerprint density at radius 2 is 2.38 bits per heavy atom. The summed E-state index contributed by atoms with van der Waals surface area (Å²) < 4.78 is 0. The first-order chi connectivity index (χ1) is 7.54. The third kappa shape index (κ3) is 3.16. The quantitative estimate of drug-likeness (QED) is 0.585. The molecule has 0 fully saturated rings. The lowest BCUT2D eigenvalue weighted by molar-refractivity contribution is -0.385. The Bertz CT molecular complexity index is 382. The number of anilines is 1. The fraction of sp³-hybridized carbons (Fsp3) is 0.500. The fourth-order valence-electron chi connectivity index (χ4n) is 1.31. The zero-order valence-electron chi connectivity index (χ0n) is 9.30. The van der Waals surface area contributed by atoms with Crippen molar-refractivity contribution in [2.75, 3.05) is 11.9 Å². The minimum atomic E-state index is -0.471. The summed E-state index contributed by atoms with van der Waals surface area (Å²) in [4.78, 5) is 14.0. The maximum absolute atomic E-state index is 10.5. The molecule has 0 radical (unpaired) electrons. The zero-order chi connectivity index (χ0) is 12.1. The summed E-state index contributed by atoms with van der Waals surface area (Å²) in [5.74, 6) is 0.617. The Morgan fingerprint density at radius 3 is 2.88 bits per heavy atom. The monoisotopic (exact) mass is 225 g/mol. The van der Waals surface area contributed by atoms with Gasteiger partial charge in [-0.1, -0.05) is 0 Å². The van der Waals surface area contributed by atoms with Crippen LogP contribution in [0, 0.1) is 17.0 Å². The third-order valence-corrected chi connectivity index (χ3v) is 2.22. The molecule has 6 nitrogen and oxygen atoms in total. The smallest absolute Gasteiger partial charge is 0.287 e. The van der Waals surface area contributed by atoms with E-state index in [9.17, 15) is 10.1 Å². The molecule has 0 saturated heterocycles. The van der Waals surface area contributed by atoms with Gasteiger partial charge in [0.05, 0.1) is 4.92 Å². The molecule has 88 valence electrons. The highest BCUT2D eigenvalue weighted by atomic mass is 16.6. The Kier molecular flexibility index (Phi) is 4.19. The number of pyridine rings is 1. The molecule has 1 aromatic heterocycles. The maximum Gasteiger partial charge on any atom is 0.287 e. The van der Waals surface area contributed by atoms with Gasteiger partial charge < -0.3 is 10.4 Å². The van der Waals surface area contributed by atoms with Crippen molar-refractivity contribution in [3.8, 4) is 0 Å². The van der Waals surface area contributed by atoms with Crippen LogP contribution in [-0.2, 0) is 0 Å². The van der Waals surface area contributed by atoms with Crippen LogP contribution in [0.1, 0.15) is 18.9 Å². The molecule has 0 aliphatic carbocycles. The van der Waals surface area contributed by atoms with E-state index >= 15 is 0 Å². The van der Waals surface area contributed by atoms with Crippen molar-refractivity contribution in [2.45, 2.75) is 26.3 Å². The van der Waals surface area contributed by atoms with E-state index in [4.69, 9.17) is 5.11 Å². The van der Waals surface area contributed by atoms with Gasteiger partial charge in [-0.25, -0.2) is 4.98 Å². The molecule has 1 aromatic rings. The molecule has 0 spiro atoms. The number of nitrogens with zero attached hydrogens (tertiary/aromatic N) is 2. The first-order valence-electron chi connectivity index (χ1n) is 5.03. The summed E-state index contributed by atoms with van der Waals surface area (Å²) in [6.45, 7) is 3.77. The van der Waals surface area contributed by atoms with Crippen LogP contribution in [0.15, 0.2) is 12.3 Å². The maximum atomic E-state index is 10.5. The summed E-state index contributed by atoms with van der Waals surface area (Å²) in [5, 5.41) is 22.3. The predicted octanol–water partition coefficient (Wildman–Crippen LogP) is 1.48. The summed E-state index contributed by atoms with van der Waals surface area (Å²) in [5.41, 5.74) is 0.705. The van der Waals surface area contributed by atoms with Crippen LogP contribution in [0.4, 0.5) is 11.5 Å². The SMILES string of the molecule is Cc1cc([N+](=O)[O-])cnc1N[C@@H](C)CCO. The zero-order valence-corrected chi connectivity index (χ0v) is 9.30. The van der Waals surface area contributed by atoms with Crippen LogP contribution in [0.2, 0.25) is 0 Å². The average molecular weight is 225 g/mol. The predicted molar refractivity (Wildman–Crippen MR) is 60.4 cm³/mol. The van der Waals surface area contributed by atoms with Gasteiger partial charge >= 0.3 is 0 Å². The highest BCUT2D eigenvalue weighted by Gasteiger charge is 2.10. The van der Waals surface area contributed by atoms with E-state index in [1.165, 1.54) is 12.3 Å². The van der Waals surface area contributed by atoms with E-state index in [0.29, 0.717) is 12.2 Å². The van der Waals surface area contributed by atoms with Crippen molar-refractivity contribution >= 4 is 11.5 Å². The molecule has 0 amide bonds. The molecule has 0 bridgehead atoms. The van der Waals surface area contributed by atoms with Crippen LogP contribution < -0.4 is 5.32 Å². The van der Waals surface area contributed by atoms with E-state index < -0.39 is 4.92 Å². The molecule has 1 atom stereocenters. The van der Waals surface area contributed by atoms with Gasteiger partial charge in [0, 0.05) is 18.7 Å². The van der Waals surface area contributed by atoms with Crippen molar-refractivity contribution in [1.29, 1.82) is 0 Å². The summed E-state index contributed by atoms with van der Waals surface area (Å²) in [6, 6.07) is 1.55. The standard InChI is InChI=1S/C10H15N3O3/c1-7-5-9(13(15)16)6-11-10(7)12-8(2)3-4-14/h5-6,8,14H,3-4H2,1-2H3,(H,11,12)/t8-/m0/s1. The number of hydrogen-bond donors (Lipinski definition) is 2. The van der Waals surface area contributed by atoms with Gasteiger partial charge in [-0.15, -0.1) is 0 Å². The number of aliphatic hydroxyl groups is 1. The van der Waals surface area contributed by atoms with Crippen LogP contribution in [0.3, 0.4) is 0 Å². The Hall–Kier alpha value is -1.69. The normalized spacial score (nSPS) is 12.2. The van der Waals surface area contributed by atoms with Crippen molar-refractivity contribution in [1.82, 2.24) is 4.98 Å². The second-order valence-electron chi connectivity index (χ2n) is 3.67. The second-order valence-corrected chi connectivity index (χ2v) is 3.67. The summed E-state index contributed by atoms with van der Waals surface area (Å²) in [6.07, 6.45) is 1.83. The molecular formula is C10H15N3O3. The third-order valence-electron chi connectivity index (χ3n) is 2.22.